The predicted octanol–water partition coefficient (Wildman–Crippen LogP) is 28.4. The zero-order valence-corrected chi connectivity index (χ0v) is 63.1. The van der Waals surface area contributed by atoms with Gasteiger partial charge in [0, 0.05) is 95.2 Å². The number of fused-ring (bicyclic) bond motifs is 18. The monoisotopic (exact) mass is 1500 g/mol. The molecule has 0 saturated heterocycles. The molecule has 528 valence electrons. The first-order valence-corrected chi connectivity index (χ1v) is 39.9. The number of hydrogen-bond donors (Lipinski definition) is 0. The lowest BCUT2D eigenvalue weighted by atomic mass is 9.99. The van der Waals surface area contributed by atoms with Crippen LogP contribution in [0.1, 0.15) is 11.1 Å². The molecule has 0 bridgehead atoms. The van der Waals surface area contributed by atoms with Gasteiger partial charge in [0.25, 0.3) is 0 Å². The van der Waals surface area contributed by atoms with E-state index in [0.29, 0.717) is 34.9 Å². The van der Waals surface area contributed by atoms with E-state index in [1.54, 1.807) is 11.3 Å². The number of aromatic nitrogens is 7. The van der Waals surface area contributed by atoms with Crippen molar-refractivity contribution in [2.45, 2.75) is 6.42 Å². The molecule has 5 aromatic heterocycles. The van der Waals surface area contributed by atoms with Crippen molar-refractivity contribution in [3.05, 3.63) is 380 Å². The fourth-order valence-electron chi connectivity index (χ4n) is 16.7. The Bertz CT molecular complexity index is 7650. The van der Waals surface area contributed by atoms with Crippen LogP contribution in [0.4, 0.5) is 0 Å². The summed E-state index contributed by atoms with van der Waals surface area (Å²) in [6.45, 7) is 0. The van der Waals surface area contributed by atoms with E-state index >= 15 is 0 Å². The molecule has 113 heavy (non-hydrogen) atoms. The molecule has 0 fully saturated rings. The summed E-state index contributed by atoms with van der Waals surface area (Å²) in [6.07, 6.45) is 1.06. The van der Waals surface area contributed by atoms with Crippen molar-refractivity contribution < 1.29 is 0 Å². The Morgan fingerprint density at radius 1 is 0.230 bits per heavy atom. The highest BCUT2D eigenvalue weighted by Crippen LogP contribution is 2.46. The maximum atomic E-state index is 6.40. The number of benzene rings is 18. The van der Waals surface area contributed by atoms with Crippen LogP contribution in [0.15, 0.2) is 364 Å². The largest absolute Gasteiger partial charge is 0.309 e. The average molecular weight is 1500 g/mol. The summed E-state index contributed by atoms with van der Waals surface area (Å²) in [4.78, 5) is 30.4. The van der Waals surface area contributed by atoms with Gasteiger partial charge in [-0.3, -0.25) is 0 Å². The van der Waals surface area contributed by atoms with Gasteiger partial charge in [0.15, 0.2) is 34.9 Å². The van der Waals surface area contributed by atoms with Crippen molar-refractivity contribution in [3.8, 4) is 85.1 Å². The average Bonchev–Trinajstić information content (AvgIpc) is 1.58. The maximum absolute atomic E-state index is 6.40. The normalized spacial score (nSPS) is 11.9. The van der Waals surface area contributed by atoms with E-state index in [9.17, 15) is 0 Å². The van der Waals surface area contributed by atoms with Crippen LogP contribution in [0.3, 0.4) is 0 Å². The van der Waals surface area contributed by atoms with Crippen LogP contribution < -0.4 is 0 Å². The van der Waals surface area contributed by atoms with E-state index in [2.05, 4.69) is 302 Å². The lowest BCUT2D eigenvalue weighted by Gasteiger charge is -2.11. The predicted molar refractivity (Wildman–Crippen MR) is 477 cm³/mol. The first-order chi connectivity index (χ1) is 55.8. The molecule has 1 aliphatic carbocycles. The first-order valence-electron chi connectivity index (χ1n) is 37.9. The first kappa shape index (κ1) is 66.1. The third-order valence-electron chi connectivity index (χ3n) is 22.1. The zero-order chi connectivity index (χ0) is 74.6. The molecule has 23 aromatic rings. The van der Waals surface area contributed by atoms with E-state index in [-0.39, 0.29) is 0 Å². The Kier molecular flexibility index (Phi) is 16.0. The van der Waals surface area contributed by atoms with E-state index in [1.165, 1.54) is 122 Å². The van der Waals surface area contributed by atoms with Crippen molar-refractivity contribution in [3.63, 3.8) is 0 Å². The van der Waals surface area contributed by atoms with Gasteiger partial charge >= 0.3 is 0 Å². The quantitative estimate of drug-likeness (QED) is 0.158. The second-order valence-corrected chi connectivity index (χ2v) is 31.6. The van der Waals surface area contributed by atoms with Gasteiger partial charge in [-0.05, 0) is 190 Å². The molecule has 0 spiro atoms. The summed E-state index contributed by atoms with van der Waals surface area (Å²) in [5, 5.41) is 22.7. The van der Waals surface area contributed by atoms with E-state index in [1.807, 2.05) is 78.1 Å². The third kappa shape index (κ3) is 11.9. The highest BCUT2D eigenvalue weighted by atomic mass is 35.5. The van der Waals surface area contributed by atoms with Gasteiger partial charge in [0.1, 0.15) is 0 Å². The number of thiophene rings is 2. The van der Waals surface area contributed by atoms with Crippen molar-refractivity contribution in [1.29, 1.82) is 0 Å². The van der Waals surface area contributed by atoms with Gasteiger partial charge in [-0.1, -0.05) is 279 Å². The highest BCUT2D eigenvalue weighted by molar-refractivity contribution is 7.26. The Hall–Kier alpha value is -13.9. The zero-order valence-electron chi connectivity index (χ0n) is 60.7. The van der Waals surface area contributed by atoms with E-state index in [0.717, 1.165) is 77.4 Å². The van der Waals surface area contributed by atoms with Gasteiger partial charge in [0.2, 0.25) is 0 Å². The number of nitrogens with zero attached hydrogens (tertiary/aromatic N) is 7. The fourth-order valence-corrected chi connectivity index (χ4v) is 19.1. The summed E-state index contributed by atoms with van der Waals surface area (Å²) in [6, 6.07) is 129. The molecule has 7 nitrogen and oxygen atoms in total. The van der Waals surface area contributed by atoms with Crippen LogP contribution >= 0.6 is 34.3 Å². The van der Waals surface area contributed by atoms with Gasteiger partial charge in [-0.25, -0.2) is 29.9 Å². The summed E-state index contributed by atoms with van der Waals surface area (Å²) in [5.41, 5.74) is 15.0. The van der Waals surface area contributed by atoms with Crippen LogP contribution in [0.25, 0.3) is 212 Å². The molecule has 5 heterocycles. The minimum Gasteiger partial charge on any atom is -0.309 e. The molecule has 24 rings (SSSR count). The maximum Gasteiger partial charge on any atom is 0.164 e. The molecule has 1 aliphatic rings. The topological polar surface area (TPSA) is 82.3 Å². The molecule has 0 atom stereocenters. The molecule has 0 radical (unpaired) electrons. The highest BCUT2D eigenvalue weighted by Gasteiger charge is 2.24. The van der Waals surface area contributed by atoms with Crippen LogP contribution in [0, 0.1) is 0 Å². The second-order valence-electron chi connectivity index (χ2n) is 29.0. The Morgan fingerprint density at radius 3 is 1.03 bits per heavy atom. The molecular weight excluding hydrogens is 1430 g/mol. The SMILES string of the molecule is Clc1ccc2sc3cccc(-c4nc(-c5ccccc5)nc(-c5ccc6ccccc6c5)n4)c3c2c1.c1ccc(-c2nc(-c3ccc4ccccc4c3)nc(-c3cccc4sc5ccc(-n6c7cc8ccccc8cc7c7cc8ccccc8cc76)cc5c34)n2)cc1.c1ccc2cc3c(cc2c1)Cc1cc2ccccc2cc1-3. The molecule has 0 saturated carbocycles. The summed E-state index contributed by atoms with van der Waals surface area (Å²) in [7, 11) is 0. The molecule has 10 heteroatoms. The van der Waals surface area contributed by atoms with Gasteiger partial charge < -0.3 is 4.57 Å². The molecule has 18 aromatic carbocycles. The molecule has 0 unspecified atom stereocenters. The number of rotatable bonds is 7. The van der Waals surface area contributed by atoms with Gasteiger partial charge in [0.05, 0.1) is 11.0 Å². The standard InChI is InChI=1S/C51H30N4S.C31H18ClN3S.C21H14/c1-2-12-32(13-3-1)49-52-50(38-22-21-31-11-4-5-14-33(31)25-38)54-51(53-49)40-19-10-20-47-48(40)43-30-39(23-24-46(43)56-47)55-44-28-36-17-8-6-15-34(36)26-41(44)42-27-35-16-7-9-18-37(35)29-45(42)55;32-23-15-16-26-25(18-23)28-24(11-6-12-27(28)36-26)31-34-29(20-8-2-1-3-9-20)33-30(35-31)22-14-13-19-7-4-5-10-21(19)17-22;1-3-7-16-12-20-18(9-14(16)5-1)11-19-10-15-6-2-4-8-17(15)13-21(19)20/h1-30H;1-18H;1-10,12-13H,11H2. The summed E-state index contributed by atoms with van der Waals surface area (Å²) < 4.78 is 7.24. The second kappa shape index (κ2) is 27.3. The molecule has 0 N–H and O–H groups in total. The van der Waals surface area contributed by atoms with Crippen molar-refractivity contribution in [2.75, 3.05) is 0 Å². The van der Waals surface area contributed by atoms with Crippen LogP contribution in [0.5, 0.6) is 0 Å². The van der Waals surface area contributed by atoms with Crippen molar-refractivity contribution in [1.82, 2.24) is 34.5 Å². The summed E-state index contributed by atoms with van der Waals surface area (Å²) >= 11 is 9.96. The Balaban J connectivity index is 0.000000116. The fraction of sp³-hybridized carbons (Fsp3) is 0.00971. The van der Waals surface area contributed by atoms with Crippen LogP contribution in [-0.4, -0.2) is 34.5 Å². The third-order valence-corrected chi connectivity index (χ3v) is 24.6. The van der Waals surface area contributed by atoms with Crippen LogP contribution in [-0.2, 0) is 6.42 Å². The lowest BCUT2D eigenvalue weighted by molar-refractivity contribution is 1.08. The van der Waals surface area contributed by atoms with Crippen molar-refractivity contribution >= 4 is 161 Å². The van der Waals surface area contributed by atoms with Crippen LogP contribution in [0.2, 0.25) is 5.02 Å². The smallest absolute Gasteiger partial charge is 0.164 e. The number of hydrogen-bond acceptors (Lipinski definition) is 8. The van der Waals surface area contributed by atoms with E-state index in [4.69, 9.17) is 41.5 Å². The van der Waals surface area contributed by atoms with Gasteiger partial charge in [-0.2, -0.15) is 0 Å². The Morgan fingerprint density at radius 2 is 0.584 bits per heavy atom. The minimum atomic E-state index is 0.650. The van der Waals surface area contributed by atoms with Gasteiger partial charge in [-0.15, -0.1) is 22.7 Å². The van der Waals surface area contributed by atoms with Crippen molar-refractivity contribution in [2.24, 2.45) is 0 Å². The summed E-state index contributed by atoms with van der Waals surface area (Å²) in [5.74, 6) is 3.92. The lowest BCUT2D eigenvalue weighted by Crippen LogP contribution is -2.00. The number of halogens is 1. The molecule has 0 aliphatic heterocycles. The molecular formula is C103H62ClN7S2. The molecule has 0 amide bonds. The minimum absolute atomic E-state index is 0.650. The Labute approximate surface area is 662 Å². The van der Waals surface area contributed by atoms with E-state index < -0.39 is 0 Å².